The maximum atomic E-state index is 14.1. The molecule has 1 heterocycles. The molecule has 0 bridgehead atoms. The number of ether oxygens (including phenoxy) is 1. The van der Waals surface area contributed by atoms with Gasteiger partial charge in [0.1, 0.15) is 10.7 Å². The first-order valence-corrected chi connectivity index (χ1v) is 6.63. The summed E-state index contributed by atoms with van der Waals surface area (Å²) in [5, 5.41) is 0.400. The van der Waals surface area contributed by atoms with Crippen molar-refractivity contribution in [2.75, 3.05) is 0 Å². The molecular weight excluding hydrogens is 355 g/mol. The highest BCUT2D eigenvalue weighted by atomic mass is 79.9. The third-order valence-corrected chi connectivity index (χ3v) is 3.42. The minimum Gasteiger partial charge on any atom is -0.453 e. The average molecular weight is 362 g/mol. The molecule has 2 rings (SSSR count). The molecular formula is C12H7BrClFN2OS. The van der Waals surface area contributed by atoms with Gasteiger partial charge in [-0.25, -0.2) is 4.39 Å². The van der Waals surface area contributed by atoms with Gasteiger partial charge in [0, 0.05) is 17.8 Å². The van der Waals surface area contributed by atoms with Gasteiger partial charge >= 0.3 is 0 Å². The van der Waals surface area contributed by atoms with Crippen LogP contribution in [0.25, 0.3) is 0 Å². The number of nitrogens with two attached hydrogens (primary N) is 1. The van der Waals surface area contributed by atoms with Crippen molar-refractivity contribution in [2.45, 2.75) is 0 Å². The van der Waals surface area contributed by atoms with Gasteiger partial charge in [-0.15, -0.1) is 0 Å². The predicted octanol–water partition coefficient (Wildman–Crippen LogP) is 4.06. The minimum absolute atomic E-state index is 0.0240. The van der Waals surface area contributed by atoms with Crippen molar-refractivity contribution in [3.63, 3.8) is 0 Å². The van der Waals surface area contributed by atoms with Crippen LogP contribution in [0, 0.1) is 5.82 Å². The Morgan fingerprint density at radius 2 is 2.16 bits per heavy atom. The van der Waals surface area contributed by atoms with Crippen LogP contribution in [0.15, 0.2) is 35.1 Å². The molecule has 0 atom stereocenters. The molecule has 0 aliphatic rings. The van der Waals surface area contributed by atoms with Gasteiger partial charge in [-0.05, 0) is 28.1 Å². The number of nitrogens with zero attached hydrogens (tertiary/aromatic N) is 1. The van der Waals surface area contributed by atoms with Gasteiger partial charge in [0.05, 0.1) is 15.7 Å². The fourth-order valence-corrected chi connectivity index (χ4v) is 2.38. The Kier molecular flexibility index (Phi) is 4.34. The maximum Gasteiger partial charge on any atom is 0.180 e. The summed E-state index contributed by atoms with van der Waals surface area (Å²) in [6.07, 6.45) is 2.89. The summed E-state index contributed by atoms with van der Waals surface area (Å²) < 4.78 is 19.6. The zero-order valence-corrected chi connectivity index (χ0v) is 12.5. The number of pyridine rings is 1. The molecule has 98 valence electrons. The van der Waals surface area contributed by atoms with Crippen molar-refractivity contribution in [3.05, 3.63) is 51.5 Å². The van der Waals surface area contributed by atoms with E-state index in [4.69, 9.17) is 34.3 Å². The van der Waals surface area contributed by atoms with Crippen LogP contribution in [0.4, 0.5) is 4.39 Å². The van der Waals surface area contributed by atoms with E-state index in [9.17, 15) is 4.39 Å². The van der Waals surface area contributed by atoms with E-state index < -0.39 is 5.82 Å². The Bertz CT molecular complexity index is 654. The summed E-state index contributed by atoms with van der Waals surface area (Å²) in [6.45, 7) is 0. The molecule has 2 N–H and O–H groups in total. The molecule has 2 aromatic rings. The molecule has 0 radical (unpaired) electrons. The van der Waals surface area contributed by atoms with E-state index in [2.05, 4.69) is 20.9 Å². The Labute approximate surface area is 127 Å². The minimum atomic E-state index is -0.592. The van der Waals surface area contributed by atoms with E-state index in [1.54, 1.807) is 6.07 Å². The highest BCUT2D eigenvalue weighted by molar-refractivity contribution is 9.10. The van der Waals surface area contributed by atoms with Crippen molar-refractivity contribution >= 4 is 44.7 Å². The molecule has 0 aliphatic heterocycles. The van der Waals surface area contributed by atoms with Gasteiger partial charge in [0.25, 0.3) is 0 Å². The first-order valence-electron chi connectivity index (χ1n) is 5.05. The predicted molar refractivity (Wildman–Crippen MR) is 79.3 cm³/mol. The third-order valence-electron chi connectivity index (χ3n) is 2.22. The van der Waals surface area contributed by atoms with Crippen molar-refractivity contribution in [1.82, 2.24) is 4.98 Å². The van der Waals surface area contributed by atoms with E-state index >= 15 is 0 Å². The van der Waals surface area contributed by atoms with Crippen LogP contribution in [-0.4, -0.2) is 9.97 Å². The Morgan fingerprint density at radius 3 is 2.79 bits per heavy atom. The zero-order valence-electron chi connectivity index (χ0n) is 9.36. The number of thiocarbonyl (C=S) groups is 1. The lowest BCUT2D eigenvalue weighted by Gasteiger charge is -2.10. The molecule has 0 fully saturated rings. The number of rotatable bonds is 3. The smallest absolute Gasteiger partial charge is 0.180 e. The van der Waals surface area contributed by atoms with Crippen molar-refractivity contribution in [2.24, 2.45) is 5.73 Å². The van der Waals surface area contributed by atoms with E-state index in [1.165, 1.54) is 24.5 Å². The van der Waals surface area contributed by atoms with Crippen LogP contribution in [-0.2, 0) is 0 Å². The average Bonchev–Trinajstić information content (AvgIpc) is 2.35. The molecule has 19 heavy (non-hydrogen) atoms. The molecule has 0 saturated carbocycles. The molecule has 0 spiro atoms. The van der Waals surface area contributed by atoms with Crippen LogP contribution < -0.4 is 10.5 Å². The second-order valence-electron chi connectivity index (χ2n) is 3.54. The van der Waals surface area contributed by atoms with E-state index in [0.717, 1.165) is 0 Å². The lowest BCUT2D eigenvalue weighted by Crippen LogP contribution is -2.11. The number of hydrogen-bond donors (Lipinski definition) is 1. The van der Waals surface area contributed by atoms with Crippen LogP contribution in [0.2, 0.25) is 5.02 Å². The van der Waals surface area contributed by atoms with Crippen LogP contribution in [0.3, 0.4) is 0 Å². The van der Waals surface area contributed by atoms with Gasteiger partial charge < -0.3 is 10.5 Å². The lowest BCUT2D eigenvalue weighted by molar-refractivity contribution is 0.438. The molecule has 0 aliphatic carbocycles. The fourth-order valence-electron chi connectivity index (χ4n) is 1.38. The molecule has 1 aromatic carbocycles. The number of hydrogen-bond acceptors (Lipinski definition) is 3. The molecule has 0 amide bonds. The SMILES string of the molecule is NC(=S)c1ccc(Oc2cncc(Cl)c2)c(F)c1Br. The topological polar surface area (TPSA) is 48.1 Å². The van der Waals surface area contributed by atoms with E-state index in [0.29, 0.717) is 16.3 Å². The van der Waals surface area contributed by atoms with Gasteiger partial charge in [0.2, 0.25) is 0 Å². The molecule has 3 nitrogen and oxygen atoms in total. The van der Waals surface area contributed by atoms with Gasteiger partial charge in [-0.1, -0.05) is 23.8 Å². The second kappa shape index (κ2) is 5.81. The van der Waals surface area contributed by atoms with E-state index in [1.807, 2.05) is 0 Å². The van der Waals surface area contributed by atoms with Crippen molar-refractivity contribution in [3.8, 4) is 11.5 Å². The van der Waals surface area contributed by atoms with Crippen molar-refractivity contribution in [1.29, 1.82) is 0 Å². The summed E-state index contributed by atoms with van der Waals surface area (Å²) in [6, 6.07) is 4.54. The Hall–Kier alpha value is -1.24. The number of aromatic nitrogens is 1. The van der Waals surface area contributed by atoms with Crippen molar-refractivity contribution < 1.29 is 9.13 Å². The first-order chi connectivity index (χ1) is 8.99. The summed E-state index contributed by atoms with van der Waals surface area (Å²) in [4.78, 5) is 3.95. The standard InChI is InChI=1S/C12H7BrClFN2OS/c13-10-8(12(16)19)1-2-9(11(10)15)18-7-3-6(14)4-17-5-7/h1-5H,(H2,16,19). The molecule has 7 heteroatoms. The molecule has 1 aromatic heterocycles. The van der Waals surface area contributed by atoms with Crippen LogP contribution in [0.1, 0.15) is 5.56 Å². The molecule has 0 saturated heterocycles. The highest BCUT2D eigenvalue weighted by Crippen LogP contribution is 2.32. The normalized spacial score (nSPS) is 10.3. The quantitative estimate of drug-likeness (QED) is 0.838. The fraction of sp³-hybridized carbons (Fsp3) is 0. The third kappa shape index (κ3) is 3.20. The monoisotopic (exact) mass is 360 g/mol. The van der Waals surface area contributed by atoms with Gasteiger partial charge in [0.15, 0.2) is 11.6 Å². The molecule has 0 unspecified atom stereocenters. The maximum absolute atomic E-state index is 14.1. The largest absolute Gasteiger partial charge is 0.453 e. The van der Waals surface area contributed by atoms with Gasteiger partial charge in [-0.2, -0.15) is 0 Å². The van der Waals surface area contributed by atoms with Gasteiger partial charge in [-0.3, -0.25) is 4.98 Å². The highest BCUT2D eigenvalue weighted by Gasteiger charge is 2.14. The summed E-state index contributed by atoms with van der Waals surface area (Å²) >= 11 is 13.7. The summed E-state index contributed by atoms with van der Waals surface area (Å²) in [5.41, 5.74) is 5.88. The second-order valence-corrected chi connectivity index (χ2v) is 5.21. The Balaban J connectivity index is 2.37. The lowest BCUT2D eigenvalue weighted by atomic mass is 10.2. The summed E-state index contributed by atoms with van der Waals surface area (Å²) in [5.74, 6) is -0.234. The van der Waals surface area contributed by atoms with E-state index in [-0.39, 0.29) is 15.2 Å². The zero-order chi connectivity index (χ0) is 14.0. The number of benzene rings is 1. The van der Waals surface area contributed by atoms with Crippen LogP contribution >= 0.6 is 39.7 Å². The first kappa shape index (κ1) is 14.2. The Morgan fingerprint density at radius 1 is 1.42 bits per heavy atom. The van der Waals surface area contributed by atoms with Crippen LogP contribution in [0.5, 0.6) is 11.5 Å². The number of halogens is 3. The summed E-state index contributed by atoms with van der Waals surface area (Å²) in [7, 11) is 0.